The first kappa shape index (κ1) is 20.9. The van der Waals surface area contributed by atoms with Gasteiger partial charge >= 0.3 is 0 Å². The van der Waals surface area contributed by atoms with Crippen LogP contribution in [0.4, 0.5) is 0 Å². The largest absolute Gasteiger partial charge is 0.445 e. The van der Waals surface area contributed by atoms with Crippen LogP contribution in [-0.4, -0.2) is 16.0 Å². The fourth-order valence-corrected chi connectivity index (χ4v) is 3.48. The minimum absolute atomic E-state index is 0.0122. The van der Waals surface area contributed by atoms with Crippen LogP contribution < -0.4 is 10.7 Å². The lowest BCUT2D eigenvalue weighted by atomic mass is 10.0. The molecule has 0 saturated carbocycles. The molecule has 6 nitrogen and oxygen atoms in total. The molecule has 31 heavy (non-hydrogen) atoms. The Bertz CT molecular complexity index is 1250. The standard InChI is InChI=1S/C24H21ClN2O4/c25-17-8-6-15(7-9-17)13-26-23(30)20-14-27-24-19(22(20)29)12-18(31-24)10-11-21(28)16-4-2-1-3-5-16/h1-9,12,14,21,28H,10-11,13H2,(H,26,30)(H,27,29). The number of furan rings is 1. The lowest BCUT2D eigenvalue weighted by molar-refractivity contribution is 0.0949. The molecule has 0 aliphatic heterocycles. The Morgan fingerprint density at radius 2 is 1.87 bits per heavy atom. The molecule has 0 fully saturated rings. The lowest BCUT2D eigenvalue weighted by Crippen LogP contribution is -2.28. The van der Waals surface area contributed by atoms with Crippen molar-refractivity contribution in [3.05, 3.63) is 105 Å². The van der Waals surface area contributed by atoms with Crippen LogP contribution in [0, 0.1) is 0 Å². The molecule has 7 heteroatoms. The molecular weight excluding hydrogens is 416 g/mol. The summed E-state index contributed by atoms with van der Waals surface area (Å²) in [5.74, 6) is 0.0948. The van der Waals surface area contributed by atoms with E-state index in [2.05, 4.69) is 10.3 Å². The van der Waals surface area contributed by atoms with Crippen molar-refractivity contribution in [3.8, 4) is 0 Å². The first-order valence-electron chi connectivity index (χ1n) is 9.91. The highest BCUT2D eigenvalue weighted by molar-refractivity contribution is 6.30. The highest BCUT2D eigenvalue weighted by atomic mass is 35.5. The first-order valence-corrected chi connectivity index (χ1v) is 10.3. The van der Waals surface area contributed by atoms with Gasteiger partial charge in [0.2, 0.25) is 11.1 Å². The number of benzene rings is 2. The van der Waals surface area contributed by atoms with Crippen LogP contribution in [0.15, 0.2) is 76.1 Å². The number of carbonyl (C=O) groups excluding carboxylic acids is 1. The summed E-state index contributed by atoms with van der Waals surface area (Å²) in [5.41, 5.74) is 1.62. The predicted molar refractivity (Wildman–Crippen MR) is 119 cm³/mol. The molecule has 0 aliphatic rings. The SMILES string of the molecule is O=C(NCc1ccc(Cl)cc1)c1c[nH]c2oc(CCC(O)c3ccccc3)cc2c1=O. The molecule has 2 heterocycles. The summed E-state index contributed by atoms with van der Waals surface area (Å²) in [6.07, 6.45) is 1.63. The second-order valence-corrected chi connectivity index (χ2v) is 7.70. The summed E-state index contributed by atoms with van der Waals surface area (Å²) in [6, 6.07) is 18.1. The minimum Gasteiger partial charge on any atom is -0.445 e. The van der Waals surface area contributed by atoms with Gasteiger partial charge in [0.25, 0.3) is 5.91 Å². The van der Waals surface area contributed by atoms with E-state index in [0.29, 0.717) is 34.7 Å². The molecule has 0 bridgehead atoms. The van der Waals surface area contributed by atoms with Gasteiger partial charge in [0.1, 0.15) is 11.3 Å². The summed E-state index contributed by atoms with van der Waals surface area (Å²) in [5, 5.41) is 14.0. The molecule has 1 atom stereocenters. The van der Waals surface area contributed by atoms with Crippen molar-refractivity contribution in [2.24, 2.45) is 0 Å². The average molecular weight is 437 g/mol. The number of nitrogens with one attached hydrogen (secondary N) is 2. The minimum atomic E-state index is -0.626. The molecule has 1 unspecified atom stereocenters. The first-order chi connectivity index (χ1) is 15.0. The Morgan fingerprint density at radius 3 is 2.61 bits per heavy atom. The van der Waals surface area contributed by atoms with Crippen molar-refractivity contribution >= 4 is 28.6 Å². The number of aliphatic hydroxyl groups is 1. The molecule has 4 aromatic rings. The second-order valence-electron chi connectivity index (χ2n) is 7.26. The normalized spacial score (nSPS) is 12.1. The Balaban J connectivity index is 1.45. The third kappa shape index (κ3) is 4.87. The molecule has 0 spiro atoms. The van der Waals surface area contributed by atoms with E-state index in [1.54, 1.807) is 18.2 Å². The van der Waals surface area contributed by atoms with E-state index in [-0.39, 0.29) is 12.1 Å². The molecule has 2 aromatic heterocycles. The van der Waals surface area contributed by atoms with Crippen LogP contribution >= 0.6 is 11.6 Å². The van der Waals surface area contributed by atoms with Gasteiger partial charge in [0.15, 0.2) is 0 Å². The molecule has 3 N–H and O–H groups in total. The molecule has 2 aromatic carbocycles. The van der Waals surface area contributed by atoms with E-state index in [9.17, 15) is 14.7 Å². The number of H-pyrrole nitrogens is 1. The van der Waals surface area contributed by atoms with Gasteiger partial charge in [-0.15, -0.1) is 0 Å². The Labute approximate surface area is 183 Å². The fraction of sp³-hybridized carbons (Fsp3) is 0.167. The third-order valence-electron chi connectivity index (χ3n) is 5.08. The van der Waals surface area contributed by atoms with E-state index in [0.717, 1.165) is 11.1 Å². The summed E-state index contributed by atoms with van der Waals surface area (Å²) >= 11 is 5.86. The number of carbonyl (C=O) groups is 1. The van der Waals surface area contributed by atoms with Crippen LogP contribution in [0.2, 0.25) is 5.02 Å². The zero-order valence-corrected chi connectivity index (χ0v) is 17.4. The molecule has 0 radical (unpaired) electrons. The van der Waals surface area contributed by atoms with Crippen molar-refractivity contribution in [1.82, 2.24) is 10.3 Å². The number of aromatic amines is 1. The lowest BCUT2D eigenvalue weighted by Gasteiger charge is -2.09. The number of aliphatic hydroxyl groups excluding tert-OH is 1. The number of rotatable bonds is 7. The van der Waals surface area contributed by atoms with Crippen LogP contribution in [0.3, 0.4) is 0 Å². The van der Waals surface area contributed by atoms with Crippen molar-refractivity contribution in [2.75, 3.05) is 0 Å². The van der Waals surface area contributed by atoms with Crippen LogP contribution in [0.5, 0.6) is 0 Å². The highest BCUT2D eigenvalue weighted by Gasteiger charge is 2.17. The van der Waals surface area contributed by atoms with Gasteiger partial charge in [-0.3, -0.25) is 9.59 Å². The van der Waals surface area contributed by atoms with Gasteiger partial charge in [-0.05, 0) is 35.7 Å². The van der Waals surface area contributed by atoms with E-state index < -0.39 is 17.4 Å². The molecule has 4 rings (SSSR count). The van der Waals surface area contributed by atoms with Crippen LogP contribution in [0.25, 0.3) is 11.1 Å². The Kier molecular flexibility index (Phi) is 6.21. The van der Waals surface area contributed by atoms with Crippen molar-refractivity contribution in [2.45, 2.75) is 25.5 Å². The maximum atomic E-state index is 12.8. The number of pyridine rings is 1. The quantitative estimate of drug-likeness (QED) is 0.401. The van der Waals surface area contributed by atoms with Crippen LogP contribution in [0.1, 0.15) is 39.8 Å². The van der Waals surface area contributed by atoms with E-state index in [4.69, 9.17) is 16.0 Å². The third-order valence-corrected chi connectivity index (χ3v) is 5.33. The van der Waals surface area contributed by atoms with Crippen molar-refractivity contribution in [1.29, 1.82) is 0 Å². The van der Waals surface area contributed by atoms with Gasteiger partial charge in [-0.1, -0.05) is 54.1 Å². The van der Waals surface area contributed by atoms with Gasteiger partial charge in [0, 0.05) is 24.2 Å². The molecule has 0 saturated heterocycles. The number of hydrogen-bond donors (Lipinski definition) is 3. The molecular formula is C24H21ClN2O4. The molecule has 158 valence electrons. The summed E-state index contributed by atoms with van der Waals surface area (Å²) in [6.45, 7) is 0.279. The smallest absolute Gasteiger partial charge is 0.257 e. The number of amides is 1. The number of hydrogen-bond acceptors (Lipinski definition) is 4. The van der Waals surface area contributed by atoms with Gasteiger partial charge in [0.05, 0.1) is 11.5 Å². The van der Waals surface area contributed by atoms with E-state index >= 15 is 0 Å². The number of aromatic nitrogens is 1. The number of halogens is 1. The predicted octanol–water partition coefficient (Wildman–Crippen LogP) is 4.37. The van der Waals surface area contributed by atoms with E-state index in [1.165, 1.54) is 6.20 Å². The fourth-order valence-electron chi connectivity index (χ4n) is 3.36. The second kappa shape index (κ2) is 9.20. The number of aryl methyl sites for hydroxylation is 1. The van der Waals surface area contributed by atoms with Crippen molar-refractivity contribution in [3.63, 3.8) is 0 Å². The summed E-state index contributed by atoms with van der Waals surface area (Å²) < 4.78 is 5.70. The summed E-state index contributed by atoms with van der Waals surface area (Å²) in [4.78, 5) is 28.2. The van der Waals surface area contributed by atoms with Gasteiger partial charge in [-0.25, -0.2) is 0 Å². The Hall–Kier alpha value is -3.35. The van der Waals surface area contributed by atoms with Gasteiger partial charge < -0.3 is 19.8 Å². The molecule has 0 aliphatic carbocycles. The number of fused-ring (bicyclic) bond motifs is 1. The van der Waals surface area contributed by atoms with Crippen LogP contribution in [-0.2, 0) is 13.0 Å². The maximum Gasteiger partial charge on any atom is 0.257 e. The van der Waals surface area contributed by atoms with Crippen molar-refractivity contribution < 1.29 is 14.3 Å². The highest BCUT2D eigenvalue weighted by Crippen LogP contribution is 2.21. The zero-order chi connectivity index (χ0) is 21.8. The topological polar surface area (TPSA) is 95.3 Å². The monoisotopic (exact) mass is 436 g/mol. The average Bonchev–Trinajstić information content (AvgIpc) is 3.22. The Morgan fingerprint density at radius 1 is 1.13 bits per heavy atom. The van der Waals surface area contributed by atoms with Gasteiger partial charge in [-0.2, -0.15) is 0 Å². The summed E-state index contributed by atoms with van der Waals surface area (Å²) in [7, 11) is 0. The maximum absolute atomic E-state index is 12.8. The molecule has 1 amide bonds. The zero-order valence-electron chi connectivity index (χ0n) is 16.6. The van der Waals surface area contributed by atoms with E-state index in [1.807, 2.05) is 42.5 Å².